The highest BCUT2D eigenvalue weighted by Gasteiger charge is 2.25. The van der Waals surface area contributed by atoms with Crippen LogP contribution >= 0.6 is 0 Å². The summed E-state index contributed by atoms with van der Waals surface area (Å²) in [6.45, 7) is 7.06. The largest absolute Gasteiger partial charge is 0.460 e. The molecule has 2 aromatic rings. The number of rotatable bonds is 3. The smallest absolute Gasteiger partial charge is 0.313 e. The summed E-state index contributed by atoms with van der Waals surface area (Å²) in [6, 6.07) is 14.5. The highest BCUT2D eigenvalue weighted by atomic mass is 19.1. The van der Waals surface area contributed by atoms with Crippen molar-refractivity contribution in [3.63, 3.8) is 0 Å². The lowest BCUT2D eigenvalue weighted by molar-refractivity contribution is -0.156. The van der Waals surface area contributed by atoms with Gasteiger partial charge in [0, 0.05) is 5.56 Å². The van der Waals surface area contributed by atoms with Gasteiger partial charge in [-0.15, -0.1) is 0 Å². The number of benzene rings is 2. The molecule has 0 amide bonds. The average Bonchev–Trinajstić information content (AvgIpc) is 2.45. The minimum absolute atomic E-state index is 0.355. The summed E-state index contributed by atoms with van der Waals surface area (Å²) >= 11 is 0. The Morgan fingerprint density at radius 3 is 2.23 bits per heavy atom. The number of carbonyl (C=O) groups excluding carboxylic acids is 1. The second kappa shape index (κ2) is 6.30. The van der Waals surface area contributed by atoms with Gasteiger partial charge in [0.1, 0.15) is 11.4 Å². The first-order valence-electron chi connectivity index (χ1n) is 7.35. The molecule has 0 aliphatic carbocycles. The van der Waals surface area contributed by atoms with E-state index in [2.05, 4.69) is 0 Å². The number of hydrogen-bond acceptors (Lipinski definition) is 2. The van der Waals surface area contributed by atoms with Gasteiger partial charge >= 0.3 is 5.97 Å². The highest BCUT2D eigenvalue weighted by Crippen LogP contribution is 2.27. The van der Waals surface area contributed by atoms with Crippen molar-refractivity contribution in [3.05, 3.63) is 59.9 Å². The molecule has 2 nitrogen and oxygen atoms in total. The molecule has 22 heavy (non-hydrogen) atoms. The van der Waals surface area contributed by atoms with Crippen LogP contribution in [0.3, 0.4) is 0 Å². The van der Waals surface area contributed by atoms with Gasteiger partial charge in [0.05, 0.1) is 5.92 Å². The fourth-order valence-electron chi connectivity index (χ4n) is 2.21. The quantitative estimate of drug-likeness (QED) is 0.751. The first kappa shape index (κ1) is 16.2. The molecule has 0 aromatic heterocycles. The van der Waals surface area contributed by atoms with Crippen LogP contribution in [-0.4, -0.2) is 11.6 Å². The lowest BCUT2D eigenvalue weighted by atomic mass is 9.96. The van der Waals surface area contributed by atoms with E-state index in [4.69, 9.17) is 4.74 Å². The Kier molecular flexibility index (Phi) is 4.65. The molecule has 0 aliphatic rings. The van der Waals surface area contributed by atoms with Gasteiger partial charge in [-0.05, 0) is 44.9 Å². The van der Waals surface area contributed by atoms with Crippen LogP contribution in [-0.2, 0) is 9.53 Å². The lowest BCUT2D eigenvalue weighted by Crippen LogP contribution is -2.27. The van der Waals surface area contributed by atoms with Gasteiger partial charge in [-0.2, -0.15) is 0 Å². The van der Waals surface area contributed by atoms with E-state index in [1.807, 2.05) is 36.4 Å². The molecule has 0 N–H and O–H groups in total. The van der Waals surface area contributed by atoms with E-state index in [9.17, 15) is 9.18 Å². The molecule has 116 valence electrons. The molecule has 0 bridgehead atoms. The first-order valence-corrected chi connectivity index (χ1v) is 7.35. The number of ether oxygens (including phenoxy) is 1. The first-order chi connectivity index (χ1) is 10.3. The SMILES string of the molecule is CC(C(=O)OC(C)(C)C)c1ccc(-c2ccccc2)cc1F. The number of esters is 1. The van der Waals surface area contributed by atoms with E-state index in [0.717, 1.165) is 11.1 Å². The molecule has 0 heterocycles. The lowest BCUT2D eigenvalue weighted by Gasteiger charge is -2.22. The van der Waals surface area contributed by atoms with Crippen LogP contribution in [0.4, 0.5) is 4.39 Å². The molecule has 2 aromatic carbocycles. The molecule has 2 rings (SSSR count). The van der Waals surface area contributed by atoms with Crippen molar-refractivity contribution >= 4 is 5.97 Å². The summed E-state index contributed by atoms with van der Waals surface area (Å²) in [5.74, 6) is -1.44. The molecule has 1 unspecified atom stereocenters. The third-order valence-electron chi connectivity index (χ3n) is 3.33. The highest BCUT2D eigenvalue weighted by molar-refractivity contribution is 5.78. The summed E-state index contributed by atoms with van der Waals surface area (Å²) < 4.78 is 19.7. The van der Waals surface area contributed by atoms with Gasteiger partial charge < -0.3 is 4.74 Å². The number of halogens is 1. The predicted octanol–water partition coefficient (Wildman–Crippen LogP) is 4.94. The molecular weight excluding hydrogens is 279 g/mol. The summed E-state index contributed by atoms with van der Waals surface area (Å²) in [7, 11) is 0. The summed E-state index contributed by atoms with van der Waals surface area (Å²) in [4.78, 5) is 12.1. The third-order valence-corrected chi connectivity index (χ3v) is 3.33. The summed E-state index contributed by atoms with van der Waals surface area (Å²) in [6.07, 6.45) is 0. The minimum Gasteiger partial charge on any atom is -0.460 e. The molecule has 0 spiro atoms. The van der Waals surface area contributed by atoms with Crippen LogP contribution in [0.25, 0.3) is 11.1 Å². The van der Waals surface area contributed by atoms with Crippen LogP contribution < -0.4 is 0 Å². The Balaban J connectivity index is 2.25. The van der Waals surface area contributed by atoms with Crippen molar-refractivity contribution in [3.8, 4) is 11.1 Å². The molecule has 0 saturated heterocycles. The summed E-state index contributed by atoms with van der Waals surface area (Å²) in [5.41, 5.74) is 1.51. The van der Waals surface area contributed by atoms with Crippen molar-refractivity contribution < 1.29 is 13.9 Å². The monoisotopic (exact) mass is 300 g/mol. The van der Waals surface area contributed by atoms with Gasteiger partial charge in [0.2, 0.25) is 0 Å². The van der Waals surface area contributed by atoms with Crippen LogP contribution in [0, 0.1) is 5.82 Å². The third kappa shape index (κ3) is 3.94. The fraction of sp³-hybridized carbons (Fsp3) is 0.316. The molecule has 0 fully saturated rings. The maximum absolute atomic E-state index is 14.4. The van der Waals surface area contributed by atoms with E-state index in [-0.39, 0.29) is 5.82 Å². The van der Waals surface area contributed by atoms with Crippen molar-refractivity contribution in [2.24, 2.45) is 0 Å². The van der Waals surface area contributed by atoms with Crippen LogP contribution in [0.1, 0.15) is 39.2 Å². The zero-order chi connectivity index (χ0) is 16.3. The molecule has 0 aliphatic heterocycles. The molecule has 0 radical (unpaired) electrons. The van der Waals surface area contributed by atoms with E-state index < -0.39 is 17.5 Å². The summed E-state index contributed by atoms with van der Waals surface area (Å²) in [5, 5.41) is 0. The predicted molar refractivity (Wildman–Crippen MR) is 86.1 cm³/mol. The average molecular weight is 300 g/mol. The fourth-order valence-corrected chi connectivity index (χ4v) is 2.21. The van der Waals surface area contributed by atoms with Gasteiger partial charge in [-0.3, -0.25) is 4.79 Å². The Hall–Kier alpha value is -2.16. The van der Waals surface area contributed by atoms with Crippen molar-refractivity contribution in [1.82, 2.24) is 0 Å². The van der Waals surface area contributed by atoms with Crippen LogP contribution in [0.5, 0.6) is 0 Å². The van der Waals surface area contributed by atoms with Gasteiger partial charge in [0.25, 0.3) is 0 Å². The standard InChI is InChI=1S/C19H21FO2/c1-13(18(21)22-19(2,3)4)16-11-10-15(12-17(16)20)14-8-6-5-7-9-14/h5-13H,1-4H3. The van der Waals surface area contributed by atoms with Crippen molar-refractivity contribution in [1.29, 1.82) is 0 Å². The van der Waals surface area contributed by atoms with E-state index in [1.165, 1.54) is 6.07 Å². The zero-order valence-corrected chi connectivity index (χ0v) is 13.4. The van der Waals surface area contributed by atoms with Crippen LogP contribution in [0.2, 0.25) is 0 Å². The molecular formula is C19H21FO2. The second-order valence-corrected chi connectivity index (χ2v) is 6.36. The Labute approximate surface area is 130 Å². The van der Waals surface area contributed by atoms with E-state index >= 15 is 0 Å². The number of carbonyl (C=O) groups is 1. The van der Waals surface area contributed by atoms with Crippen LogP contribution in [0.15, 0.2) is 48.5 Å². The Morgan fingerprint density at radius 2 is 1.68 bits per heavy atom. The number of hydrogen-bond donors (Lipinski definition) is 0. The van der Waals surface area contributed by atoms with Gasteiger partial charge in [-0.25, -0.2) is 4.39 Å². The molecule has 0 saturated carbocycles. The minimum atomic E-state index is -0.635. The normalized spacial score (nSPS) is 12.8. The molecule has 3 heteroatoms. The Morgan fingerprint density at radius 1 is 1.05 bits per heavy atom. The van der Waals surface area contributed by atoms with Crippen molar-refractivity contribution in [2.75, 3.05) is 0 Å². The maximum atomic E-state index is 14.4. The van der Waals surface area contributed by atoms with E-state index in [0.29, 0.717) is 5.56 Å². The second-order valence-electron chi connectivity index (χ2n) is 6.36. The van der Waals surface area contributed by atoms with Gasteiger partial charge in [-0.1, -0.05) is 42.5 Å². The topological polar surface area (TPSA) is 26.3 Å². The van der Waals surface area contributed by atoms with Gasteiger partial charge in [0.15, 0.2) is 0 Å². The maximum Gasteiger partial charge on any atom is 0.313 e. The molecule has 1 atom stereocenters. The van der Waals surface area contributed by atoms with E-state index in [1.54, 1.807) is 33.8 Å². The zero-order valence-electron chi connectivity index (χ0n) is 13.4. The Bertz CT molecular complexity index is 657. The van der Waals surface area contributed by atoms with Crippen molar-refractivity contribution in [2.45, 2.75) is 39.2 Å².